The van der Waals surface area contributed by atoms with Crippen molar-refractivity contribution in [2.45, 2.75) is 20.3 Å². The first-order valence-corrected chi connectivity index (χ1v) is 4.80. The van der Waals surface area contributed by atoms with E-state index in [0.717, 1.165) is 12.1 Å². The van der Waals surface area contributed by atoms with E-state index in [0.29, 0.717) is 12.4 Å². The Bertz CT molecular complexity index is 211. The van der Waals surface area contributed by atoms with Gasteiger partial charge < -0.3 is 4.90 Å². The summed E-state index contributed by atoms with van der Waals surface area (Å²) in [6.45, 7) is 7.69. The molecule has 0 saturated carbocycles. The van der Waals surface area contributed by atoms with Crippen LogP contribution < -0.4 is 0 Å². The Hall–Kier alpha value is -0.760. The minimum atomic E-state index is 0.0423. The van der Waals surface area contributed by atoms with Crippen LogP contribution in [0.3, 0.4) is 0 Å². The van der Waals surface area contributed by atoms with Gasteiger partial charge in [0.1, 0.15) is 0 Å². The fourth-order valence-corrected chi connectivity index (χ4v) is 1.18. The maximum atomic E-state index is 11.2. The molecule has 0 bridgehead atoms. The van der Waals surface area contributed by atoms with Crippen molar-refractivity contribution in [2.24, 2.45) is 0 Å². The molecule has 3 heteroatoms. The Kier molecular flexibility index (Phi) is 6.33. The smallest absolute Gasteiger partial charge is 0.223 e. The lowest BCUT2D eigenvalue weighted by Crippen LogP contribution is -2.28. The zero-order valence-corrected chi connectivity index (χ0v) is 8.97. The van der Waals surface area contributed by atoms with Crippen molar-refractivity contribution >= 4 is 17.5 Å². The van der Waals surface area contributed by atoms with E-state index in [4.69, 9.17) is 11.6 Å². The van der Waals surface area contributed by atoms with Crippen LogP contribution in [0.2, 0.25) is 0 Å². The highest BCUT2D eigenvalue weighted by Crippen LogP contribution is 2.05. The van der Waals surface area contributed by atoms with E-state index >= 15 is 0 Å². The molecule has 0 rings (SSSR count). The molecule has 0 aliphatic carbocycles. The zero-order valence-electron chi connectivity index (χ0n) is 8.22. The van der Waals surface area contributed by atoms with Crippen LogP contribution in [0.25, 0.3) is 0 Å². The van der Waals surface area contributed by atoms with Gasteiger partial charge in [-0.2, -0.15) is 0 Å². The molecule has 0 unspecified atom stereocenters. The number of hydrogen-bond acceptors (Lipinski definition) is 1. The number of hydrogen-bond donors (Lipinski definition) is 0. The van der Waals surface area contributed by atoms with Gasteiger partial charge in [0, 0.05) is 25.0 Å². The lowest BCUT2D eigenvalue weighted by atomic mass is 10.3. The Morgan fingerprint density at radius 2 is 2.15 bits per heavy atom. The summed E-state index contributed by atoms with van der Waals surface area (Å²) in [6.07, 6.45) is 4.30. The molecule has 0 N–H and O–H groups in total. The van der Waals surface area contributed by atoms with Crippen LogP contribution in [-0.2, 0) is 4.79 Å². The monoisotopic (exact) mass is 201 g/mol. The Morgan fingerprint density at radius 1 is 1.54 bits per heavy atom. The SMILES string of the molecule is C=C/C=C(\C)N(CCCCl)C(C)=O. The molecule has 0 aromatic carbocycles. The molecule has 0 aromatic rings. The summed E-state index contributed by atoms with van der Waals surface area (Å²) < 4.78 is 0. The van der Waals surface area contributed by atoms with E-state index in [1.54, 1.807) is 17.9 Å². The number of allylic oxidation sites excluding steroid dienone is 3. The van der Waals surface area contributed by atoms with Gasteiger partial charge in [0.05, 0.1) is 0 Å². The first kappa shape index (κ1) is 12.2. The van der Waals surface area contributed by atoms with Crippen molar-refractivity contribution in [1.82, 2.24) is 4.90 Å². The van der Waals surface area contributed by atoms with Gasteiger partial charge in [0.15, 0.2) is 0 Å². The zero-order chi connectivity index (χ0) is 10.3. The second kappa shape index (κ2) is 6.72. The largest absolute Gasteiger partial charge is 0.317 e. The summed E-state index contributed by atoms with van der Waals surface area (Å²) in [5, 5.41) is 0. The molecule has 74 valence electrons. The molecule has 0 aliphatic heterocycles. The van der Waals surface area contributed by atoms with Gasteiger partial charge in [-0.1, -0.05) is 12.7 Å². The van der Waals surface area contributed by atoms with Crippen LogP contribution in [0.1, 0.15) is 20.3 Å². The third-order valence-electron chi connectivity index (χ3n) is 1.68. The fourth-order valence-electron chi connectivity index (χ4n) is 1.06. The maximum absolute atomic E-state index is 11.2. The van der Waals surface area contributed by atoms with Gasteiger partial charge >= 0.3 is 0 Å². The standard InChI is InChI=1S/C10H16ClNO/c1-4-6-9(2)12(10(3)13)8-5-7-11/h4,6H,1,5,7-8H2,2-3H3/b9-6+. The van der Waals surface area contributed by atoms with Crippen LogP contribution >= 0.6 is 11.6 Å². The minimum Gasteiger partial charge on any atom is -0.317 e. The van der Waals surface area contributed by atoms with Crippen molar-refractivity contribution < 1.29 is 4.79 Å². The third-order valence-corrected chi connectivity index (χ3v) is 1.95. The van der Waals surface area contributed by atoms with Crippen molar-refractivity contribution in [1.29, 1.82) is 0 Å². The predicted molar refractivity (Wildman–Crippen MR) is 56.7 cm³/mol. The van der Waals surface area contributed by atoms with Gasteiger partial charge in [0.25, 0.3) is 0 Å². The second-order valence-corrected chi connectivity index (χ2v) is 3.13. The molecule has 0 spiro atoms. The molecular weight excluding hydrogens is 186 g/mol. The molecule has 1 amide bonds. The molecule has 0 heterocycles. The Morgan fingerprint density at radius 3 is 2.54 bits per heavy atom. The van der Waals surface area contributed by atoms with Crippen molar-refractivity contribution in [3.05, 3.63) is 24.4 Å². The summed E-state index contributed by atoms with van der Waals surface area (Å²) in [6, 6.07) is 0. The topological polar surface area (TPSA) is 20.3 Å². The van der Waals surface area contributed by atoms with Crippen LogP contribution in [0.4, 0.5) is 0 Å². The van der Waals surface area contributed by atoms with E-state index in [1.807, 2.05) is 13.0 Å². The highest BCUT2D eigenvalue weighted by atomic mass is 35.5. The van der Waals surface area contributed by atoms with Crippen molar-refractivity contribution in [2.75, 3.05) is 12.4 Å². The second-order valence-electron chi connectivity index (χ2n) is 2.76. The fraction of sp³-hybridized carbons (Fsp3) is 0.500. The summed E-state index contributed by atoms with van der Waals surface area (Å²) in [5.74, 6) is 0.617. The van der Waals surface area contributed by atoms with Gasteiger partial charge in [-0.05, 0) is 19.4 Å². The summed E-state index contributed by atoms with van der Waals surface area (Å²) in [7, 11) is 0. The number of rotatable bonds is 5. The minimum absolute atomic E-state index is 0.0423. The van der Waals surface area contributed by atoms with Crippen LogP contribution in [0.5, 0.6) is 0 Å². The predicted octanol–water partition coefficient (Wildman–Crippen LogP) is 2.55. The number of halogens is 1. The van der Waals surface area contributed by atoms with Crippen molar-refractivity contribution in [3.63, 3.8) is 0 Å². The molecule has 2 nitrogen and oxygen atoms in total. The first-order chi connectivity index (χ1) is 6.13. The van der Waals surface area contributed by atoms with Gasteiger partial charge in [-0.15, -0.1) is 11.6 Å². The summed E-state index contributed by atoms with van der Waals surface area (Å²) in [4.78, 5) is 12.9. The summed E-state index contributed by atoms with van der Waals surface area (Å²) >= 11 is 5.55. The van der Waals surface area contributed by atoms with Crippen LogP contribution in [-0.4, -0.2) is 23.2 Å². The number of amides is 1. The van der Waals surface area contributed by atoms with Crippen LogP contribution in [0.15, 0.2) is 24.4 Å². The van der Waals surface area contributed by atoms with Crippen LogP contribution in [0, 0.1) is 0 Å². The highest BCUT2D eigenvalue weighted by molar-refractivity contribution is 6.17. The van der Waals surface area contributed by atoms with Gasteiger partial charge in [-0.3, -0.25) is 4.79 Å². The lowest BCUT2D eigenvalue weighted by molar-refractivity contribution is -0.126. The molecule has 0 saturated heterocycles. The number of alkyl halides is 1. The molecule has 13 heavy (non-hydrogen) atoms. The Labute approximate surface area is 84.9 Å². The number of carbonyl (C=O) groups excluding carboxylic acids is 1. The quantitative estimate of drug-likeness (QED) is 0.495. The average Bonchev–Trinajstić information content (AvgIpc) is 2.05. The lowest BCUT2D eigenvalue weighted by Gasteiger charge is -2.20. The Balaban J connectivity index is 4.32. The van der Waals surface area contributed by atoms with E-state index in [2.05, 4.69) is 6.58 Å². The number of nitrogens with zero attached hydrogens (tertiary/aromatic N) is 1. The van der Waals surface area contributed by atoms with Crippen molar-refractivity contribution in [3.8, 4) is 0 Å². The van der Waals surface area contributed by atoms with E-state index in [1.165, 1.54) is 0 Å². The summed E-state index contributed by atoms with van der Waals surface area (Å²) in [5.41, 5.74) is 0.910. The van der Waals surface area contributed by atoms with Gasteiger partial charge in [0.2, 0.25) is 5.91 Å². The third kappa shape index (κ3) is 4.73. The van der Waals surface area contributed by atoms with Gasteiger partial charge in [-0.25, -0.2) is 0 Å². The molecule has 0 aliphatic rings. The molecule has 0 radical (unpaired) electrons. The first-order valence-electron chi connectivity index (χ1n) is 4.27. The normalized spacial score (nSPS) is 11.2. The molecule has 0 fully saturated rings. The number of carbonyl (C=O) groups is 1. The maximum Gasteiger partial charge on any atom is 0.223 e. The van der Waals surface area contributed by atoms with E-state index in [-0.39, 0.29) is 5.91 Å². The van der Waals surface area contributed by atoms with E-state index in [9.17, 15) is 4.79 Å². The van der Waals surface area contributed by atoms with E-state index < -0.39 is 0 Å². The molecule has 0 aromatic heterocycles. The molecule has 0 atom stereocenters. The highest BCUT2D eigenvalue weighted by Gasteiger charge is 2.08. The molecular formula is C10H16ClNO. The average molecular weight is 202 g/mol.